The molecule has 0 aliphatic heterocycles. The summed E-state index contributed by atoms with van der Waals surface area (Å²) in [6.45, 7) is 0.441. The molecule has 0 spiro atoms. The van der Waals surface area contributed by atoms with E-state index in [0.717, 1.165) is 11.3 Å². The summed E-state index contributed by atoms with van der Waals surface area (Å²) in [5.74, 6) is 0.827. The number of para-hydroxylation sites is 1. The number of anilines is 3. The van der Waals surface area contributed by atoms with Crippen molar-refractivity contribution in [2.24, 2.45) is 0 Å². The summed E-state index contributed by atoms with van der Waals surface area (Å²) in [4.78, 5) is 14.8. The lowest BCUT2D eigenvalue weighted by atomic mass is 10.2. The Morgan fingerprint density at radius 3 is 2.67 bits per heavy atom. The molecular weight excluding hydrogens is 272 g/mol. The van der Waals surface area contributed by atoms with Crippen molar-refractivity contribution in [1.29, 1.82) is 0 Å². The van der Waals surface area contributed by atoms with Gasteiger partial charge in [0.1, 0.15) is 11.6 Å². The van der Waals surface area contributed by atoms with Crippen molar-refractivity contribution >= 4 is 23.0 Å². The van der Waals surface area contributed by atoms with E-state index in [4.69, 9.17) is 4.74 Å². The zero-order valence-electron chi connectivity index (χ0n) is 11.8. The molecule has 0 saturated carbocycles. The van der Waals surface area contributed by atoms with Crippen LogP contribution in [-0.2, 0) is 11.3 Å². The lowest BCUT2D eigenvalue weighted by Crippen LogP contribution is -2.02. The van der Waals surface area contributed by atoms with Gasteiger partial charge in [0, 0.05) is 25.4 Å². The van der Waals surface area contributed by atoms with Gasteiger partial charge in [0.05, 0.1) is 23.7 Å². The number of methoxy groups -OCH3 is 1. The van der Waals surface area contributed by atoms with E-state index in [9.17, 15) is 10.1 Å². The molecule has 0 bridgehead atoms. The number of ether oxygens (including phenoxy) is 1. The number of nitro groups is 1. The van der Waals surface area contributed by atoms with Crippen LogP contribution in [0.4, 0.5) is 23.0 Å². The van der Waals surface area contributed by atoms with Crippen molar-refractivity contribution in [2.75, 3.05) is 24.8 Å². The molecule has 110 valence electrons. The Labute approximate surface area is 122 Å². The minimum atomic E-state index is -0.450. The van der Waals surface area contributed by atoms with E-state index in [-0.39, 0.29) is 5.69 Å². The highest BCUT2D eigenvalue weighted by Crippen LogP contribution is 2.25. The first-order valence-electron chi connectivity index (χ1n) is 6.32. The lowest BCUT2D eigenvalue weighted by Gasteiger charge is -2.11. The largest absolute Gasteiger partial charge is 0.380 e. The highest BCUT2D eigenvalue weighted by Gasteiger charge is 2.11. The quantitative estimate of drug-likeness (QED) is 0.627. The molecule has 0 saturated heterocycles. The molecule has 0 aliphatic rings. The Kier molecular flexibility index (Phi) is 4.68. The van der Waals surface area contributed by atoms with E-state index in [1.165, 1.54) is 12.1 Å². The highest BCUT2D eigenvalue weighted by atomic mass is 16.6. The number of rotatable bonds is 6. The van der Waals surface area contributed by atoms with E-state index in [1.54, 1.807) is 14.2 Å². The average molecular weight is 288 g/mol. The van der Waals surface area contributed by atoms with Crippen molar-refractivity contribution in [3.63, 3.8) is 0 Å². The third kappa shape index (κ3) is 3.67. The zero-order chi connectivity index (χ0) is 15.2. The Balaban J connectivity index is 2.35. The lowest BCUT2D eigenvalue weighted by molar-refractivity contribution is -0.384. The van der Waals surface area contributed by atoms with Gasteiger partial charge in [-0.25, -0.2) is 4.98 Å². The van der Waals surface area contributed by atoms with Gasteiger partial charge >= 0.3 is 0 Å². The fourth-order valence-electron chi connectivity index (χ4n) is 1.88. The molecule has 0 amide bonds. The van der Waals surface area contributed by atoms with Gasteiger partial charge in [-0.3, -0.25) is 10.1 Å². The Hall–Kier alpha value is -2.67. The van der Waals surface area contributed by atoms with E-state index in [2.05, 4.69) is 15.6 Å². The maximum absolute atomic E-state index is 10.9. The molecule has 7 heteroatoms. The smallest absolute Gasteiger partial charge is 0.276 e. The summed E-state index contributed by atoms with van der Waals surface area (Å²) < 4.78 is 5.13. The molecule has 1 heterocycles. The minimum Gasteiger partial charge on any atom is -0.380 e. The molecular formula is C14H16N4O3. The van der Waals surface area contributed by atoms with Gasteiger partial charge in [-0.1, -0.05) is 18.2 Å². The minimum absolute atomic E-state index is 0.0268. The summed E-state index contributed by atoms with van der Waals surface area (Å²) in [7, 11) is 3.27. The Morgan fingerprint density at radius 2 is 2.00 bits per heavy atom. The number of benzene rings is 1. The molecule has 0 unspecified atom stereocenters. The number of aromatic nitrogens is 1. The molecule has 1 aromatic heterocycles. The number of hydrogen-bond acceptors (Lipinski definition) is 6. The van der Waals surface area contributed by atoms with Gasteiger partial charge in [-0.15, -0.1) is 0 Å². The summed E-state index contributed by atoms with van der Waals surface area (Å²) in [6, 6.07) is 10.3. The van der Waals surface area contributed by atoms with E-state index >= 15 is 0 Å². The SMILES string of the molecule is CNc1cc([N+](=O)[O-])cc(Nc2ccccc2COC)n1. The van der Waals surface area contributed by atoms with Crippen molar-refractivity contribution in [3.05, 3.63) is 52.1 Å². The molecule has 0 radical (unpaired) electrons. The van der Waals surface area contributed by atoms with Gasteiger partial charge in [-0.2, -0.15) is 0 Å². The van der Waals surface area contributed by atoms with Crippen LogP contribution in [-0.4, -0.2) is 24.1 Å². The zero-order valence-corrected chi connectivity index (χ0v) is 11.8. The second-order valence-electron chi connectivity index (χ2n) is 4.32. The van der Waals surface area contributed by atoms with Gasteiger partial charge in [0.2, 0.25) is 0 Å². The van der Waals surface area contributed by atoms with Crippen LogP contribution in [0.2, 0.25) is 0 Å². The third-order valence-corrected chi connectivity index (χ3v) is 2.86. The van der Waals surface area contributed by atoms with Crippen molar-refractivity contribution < 1.29 is 9.66 Å². The number of nitrogens with one attached hydrogen (secondary N) is 2. The van der Waals surface area contributed by atoms with Crippen molar-refractivity contribution in [2.45, 2.75) is 6.61 Å². The van der Waals surface area contributed by atoms with Crippen LogP contribution in [0, 0.1) is 10.1 Å². The molecule has 0 atom stereocenters. The summed E-state index contributed by atoms with van der Waals surface area (Å²) >= 11 is 0. The third-order valence-electron chi connectivity index (χ3n) is 2.86. The van der Waals surface area contributed by atoms with Crippen molar-refractivity contribution in [1.82, 2.24) is 4.98 Å². The molecule has 2 rings (SSSR count). The van der Waals surface area contributed by atoms with Gasteiger partial charge < -0.3 is 15.4 Å². The number of hydrogen-bond donors (Lipinski definition) is 2. The predicted molar refractivity (Wildman–Crippen MR) is 80.9 cm³/mol. The van der Waals surface area contributed by atoms with Crippen molar-refractivity contribution in [3.8, 4) is 0 Å². The van der Waals surface area contributed by atoms with Crippen LogP contribution in [0.25, 0.3) is 0 Å². The molecule has 21 heavy (non-hydrogen) atoms. The van der Waals surface area contributed by atoms with Crippen LogP contribution in [0.3, 0.4) is 0 Å². The predicted octanol–water partition coefficient (Wildman–Crippen LogP) is 2.92. The fraction of sp³-hybridized carbons (Fsp3) is 0.214. The number of pyridine rings is 1. The topological polar surface area (TPSA) is 89.3 Å². The average Bonchev–Trinajstić information content (AvgIpc) is 2.49. The normalized spacial score (nSPS) is 10.2. The Bertz CT molecular complexity index is 646. The summed E-state index contributed by atoms with van der Waals surface area (Å²) in [5, 5.41) is 16.8. The van der Waals surface area contributed by atoms with E-state index < -0.39 is 4.92 Å². The van der Waals surface area contributed by atoms with E-state index in [0.29, 0.717) is 18.2 Å². The molecule has 7 nitrogen and oxygen atoms in total. The van der Waals surface area contributed by atoms with Crippen LogP contribution in [0.1, 0.15) is 5.56 Å². The fourth-order valence-corrected chi connectivity index (χ4v) is 1.88. The molecule has 2 N–H and O–H groups in total. The maximum Gasteiger partial charge on any atom is 0.276 e. The Morgan fingerprint density at radius 1 is 1.29 bits per heavy atom. The standard InChI is InChI=1S/C14H16N4O3/c1-15-13-7-11(18(19)20)8-14(17-13)16-12-6-4-3-5-10(12)9-21-2/h3-8H,9H2,1-2H3,(H2,15,16,17). The molecule has 1 aromatic carbocycles. The van der Waals surface area contributed by atoms with Crippen LogP contribution in [0.15, 0.2) is 36.4 Å². The van der Waals surface area contributed by atoms with Crippen LogP contribution < -0.4 is 10.6 Å². The van der Waals surface area contributed by atoms with Gasteiger partial charge in [0.15, 0.2) is 0 Å². The van der Waals surface area contributed by atoms with Crippen LogP contribution in [0.5, 0.6) is 0 Å². The second-order valence-corrected chi connectivity index (χ2v) is 4.32. The highest BCUT2D eigenvalue weighted by molar-refractivity contribution is 5.64. The maximum atomic E-state index is 10.9. The molecule has 0 fully saturated rings. The second kappa shape index (κ2) is 6.67. The first-order chi connectivity index (χ1) is 10.1. The van der Waals surface area contributed by atoms with E-state index in [1.807, 2.05) is 24.3 Å². The summed E-state index contributed by atoms with van der Waals surface area (Å²) in [6.07, 6.45) is 0. The van der Waals surface area contributed by atoms with Gasteiger partial charge in [-0.05, 0) is 6.07 Å². The molecule has 2 aromatic rings. The molecule has 0 aliphatic carbocycles. The first-order valence-corrected chi connectivity index (χ1v) is 6.32. The monoisotopic (exact) mass is 288 g/mol. The van der Waals surface area contributed by atoms with Gasteiger partial charge in [0.25, 0.3) is 5.69 Å². The number of nitrogens with zero attached hydrogens (tertiary/aromatic N) is 2. The van der Waals surface area contributed by atoms with Crippen LogP contribution >= 0.6 is 0 Å². The first kappa shape index (κ1) is 14.7. The summed E-state index contributed by atoms with van der Waals surface area (Å²) in [5.41, 5.74) is 1.72.